The van der Waals surface area contributed by atoms with Crippen LogP contribution in [0.15, 0.2) is 53.1 Å². The summed E-state index contributed by atoms with van der Waals surface area (Å²) < 4.78 is 11.4. The summed E-state index contributed by atoms with van der Waals surface area (Å²) in [6.45, 7) is 6.68. The number of oxazole rings is 1. The third-order valence-electron chi connectivity index (χ3n) is 6.48. The van der Waals surface area contributed by atoms with Crippen molar-refractivity contribution >= 4 is 11.8 Å². The van der Waals surface area contributed by atoms with Gasteiger partial charge in [-0.15, -0.1) is 0 Å². The van der Waals surface area contributed by atoms with Crippen molar-refractivity contribution in [2.75, 3.05) is 6.54 Å². The van der Waals surface area contributed by atoms with Gasteiger partial charge in [0.1, 0.15) is 12.0 Å². The van der Waals surface area contributed by atoms with Gasteiger partial charge in [0, 0.05) is 18.5 Å². The summed E-state index contributed by atoms with van der Waals surface area (Å²) in [5.41, 5.74) is 4.84. The van der Waals surface area contributed by atoms with Crippen LogP contribution in [0.1, 0.15) is 71.4 Å². The zero-order valence-corrected chi connectivity index (χ0v) is 20.4. The standard InChI is InChI=1S/C28H31N3O4/c1-17(2)29-27(32)24-15-35-25(30-24)16-34-22-10-9-19-11-12-31(28(33)20-7-8-20)26(23(19)14-22)21-6-4-5-18(3)13-21/h4-6,9-10,13-15,17,20,26H,7-8,11-12,16H2,1-3H3,(H,29,32)/t26-/m0/s1. The first-order chi connectivity index (χ1) is 16.9. The van der Waals surface area contributed by atoms with Gasteiger partial charge in [0.25, 0.3) is 5.91 Å². The number of ether oxygens (including phenoxy) is 1. The molecule has 1 aromatic heterocycles. The van der Waals surface area contributed by atoms with Crippen molar-refractivity contribution in [2.24, 2.45) is 5.92 Å². The molecule has 0 unspecified atom stereocenters. The Kier molecular flexibility index (Phi) is 6.32. The summed E-state index contributed by atoms with van der Waals surface area (Å²) in [7, 11) is 0. The minimum Gasteiger partial charge on any atom is -0.484 e. The van der Waals surface area contributed by atoms with Crippen LogP contribution in [-0.2, 0) is 17.8 Å². The molecule has 1 saturated carbocycles. The summed E-state index contributed by atoms with van der Waals surface area (Å²) in [5, 5.41) is 2.80. The lowest BCUT2D eigenvalue weighted by Gasteiger charge is -2.38. The van der Waals surface area contributed by atoms with Gasteiger partial charge in [-0.3, -0.25) is 9.59 Å². The lowest BCUT2D eigenvalue weighted by molar-refractivity contribution is -0.134. The van der Waals surface area contributed by atoms with Gasteiger partial charge in [0.05, 0.1) is 6.04 Å². The van der Waals surface area contributed by atoms with Crippen LogP contribution in [0.2, 0.25) is 0 Å². The first-order valence-electron chi connectivity index (χ1n) is 12.3. The molecule has 1 N–H and O–H groups in total. The van der Waals surface area contributed by atoms with Gasteiger partial charge < -0.3 is 19.4 Å². The van der Waals surface area contributed by atoms with Crippen molar-refractivity contribution in [2.45, 2.75) is 58.7 Å². The van der Waals surface area contributed by atoms with Gasteiger partial charge >= 0.3 is 0 Å². The van der Waals surface area contributed by atoms with E-state index in [1.165, 1.54) is 17.4 Å². The van der Waals surface area contributed by atoms with E-state index < -0.39 is 0 Å². The molecule has 0 bridgehead atoms. The Hall–Kier alpha value is -3.61. The number of amides is 2. The summed E-state index contributed by atoms with van der Waals surface area (Å²) in [6.07, 6.45) is 4.14. The lowest BCUT2D eigenvalue weighted by Crippen LogP contribution is -2.41. The van der Waals surface area contributed by atoms with E-state index in [-0.39, 0.29) is 42.1 Å². The molecule has 0 spiro atoms. The minimum absolute atomic E-state index is 0.0158. The molecule has 35 heavy (non-hydrogen) atoms. The summed E-state index contributed by atoms with van der Waals surface area (Å²) >= 11 is 0. The Morgan fingerprint density at radius 1 is 1.20 bits per heavy atom. The molecule has 3 aromatic rings. The molecule has 2 heterocycles. The number of fused-ring (bicyclic) bond motifs is 1. The Balaban J connectivity index is 1.39. The van der Waals surface area contributed by atoms with Gasteiger partial charge in [-0.1, -0.05) is 35.9 Å². The van der Waals surface area contributed by atoms with E-state index in [4.69, 9.17) is 9.15 Å². The van der Waals surface area contributed by atoms with Crippen molar-refractivity contribution in [1.29, 1.82) is 0 Å². The zero-order valence-electron chi connectivity index (χ0n) is 20.4. The second kappa shape index (κ2) is 9.56. The molecule has 2 aromatic carbocycles. The topological polar surface area (TPSA) is 84.7 Å². The molecule has 1 aliphatic carbocycles. The van der Waals surface area contributed by atoms with Gasteiger partial charge in [-0.25, -0.2) is 4.98 Å². The molecule has 0 radical (unpaired) electrons. The van der Waals surface area contributed by atoms with Crippen LogP contribution in [0.25, 0.3) is 0 Å². The molecule has 1 atom stereocenters. The van der Waals surface area contributed by atoms with Crippen LogP contribution in [0.5, 0.6) is 5.75 Å². The first kappa shape index (κ1) is 23.1. The molecule has 182 valence electrons. The highest BCUT2D eigenvalue weighted by molar-refractivity contribution is 5.92. The van der Waals surface area contributed by atoms with E-state index in [1.54, 1.807) is 0 Å². The molecule has 0 saturated heterocycles. The highest BCUT2D eigenvalue weighted by atomic mass is 16.5. The fourth-order valence-electron chi connectivity index (χ4n) is 4.65. The van der Waals surface area contributed by atoms with Crippen LogP contribution in [0, 0.1) is 12.8 Å². The van der Waals surface area contributed by atoms with Crippen molar-refractivity contribution in [3.8, 4) is 5.75 Å². The molecule has 7 heteroatoms. The average molecular weight is 474 g/mol. The van der Waals surface area contributed by atoms with Crippen molar-refractivity contribution < 1.29 is 18.7 Å². The number of aryl methyl sites for hydroxylation is 1. The monoisotopic (exact) mass is 473 g/mol. The average Bonchev–Trinajstić information content (AvgIpc) is 3.58. The third-order valence-corrected chi connectivity index (χ3v) is 6.48. The number of carbonyl (C=O) groups is 2. The largest absolute Gasteiger partial charge is 0.484 e. The van der Waals surface area contributed by atoms with Crippen LogP contribution in [-0.4, -0.2) is 34.3 Å². The number of aromatic nitrogens is 1. The number of nitrogens with one attached hydrogen (secondary N) is 1. The van der Waals surface area contributed by atoms with Gasteiger partial charge in [-0.2, -0.15) is 0 Å². The predicted octanol–water partition coefficient (Wildman–Crippen LogP) is 4.58. The Morgan fingerprint density at radius 3 is 2.77 bits per heavy atom. The SMILES string of the molecule is Cc1cccc([C@H]2c3cc(OCc4nc(C(=O)NC(C)C)co4)ccc3CCN2C(=O)C2CC2)c1. The molecular weight excluding hydrogens is 442 g/mol. The van der Waals surface area contributed by atoms with Gasteiger partial charge in [0.2, 0.25) is 11.8 Å². The highest BCUT2D eigenvalue weighted by Gasteiger charge is 2.39. The minimum atomic E-state index is -0.273. The summed E-state index contributed by atoms with van der Waals surface area (Å²) in [6, 6.07) is 14.3. The quantitative estimate of drug-likeness (QED) is 0.543. The maximum Gasteiger partial charge on any atom is 0.273 e. The molecule has 7 nitrogen and oxygen atoms in total. The fourth-order valence-corrected chi connectivity index (χ4v) is 4.65. The third kappa shape index (κ3) is 5.09. The van der Waals surface area contributed by atoms with E-state index in [0.717, 1.165) is 36.9 Å². The number of nitrogens with zero attached hydrogens (tertiary/aromatic N) is 2. The second-order valence-corrected chi connectivity index (χ2v) is 9.78. The molecular formula is C28H31N3O4. The van der Waals surface area contributed by atoms with E-state index >= 15 is 0 Å². The Bertz CT molecular complexity index is 1240. The Morgan fingerprint density at radius 2 is 2.03 bits per heavy atom. The Labute approximate surface area is 205 Å². The number of hydrogen-bond acceptors (Lipinski definition) is 5. The normalized spacial score (nSPS) is 17.3. The first-order valence-corrected chi connectivity index (χ1v) is 12.3. The number of benzene rings is 2. The van der Waals surface area contributed by atoms with E-state index in [9.17, 15) is 9.59 Å². The molecule has 5 rings (SSSR count). The van der Waals surface area contributed by atoms with E-state index in [1.807, 2.05) is 30.9 Å². The predicted molar refractivity (Wildman–Crippen MR) is 131 cm³/mol. The van der Waals surface area contributed by atoms with Gasteiger partial charge in [-0.05, 0) is 68.9 Å². The second-order valence-electron chi connectivity index (χ2n) is 9.78. The van der Waals surface area contributed by atoms with Crippen LogP contribution in [0.4, 0.5) is 0 Å². The number of carbonyl (C=O) groups excluding carboxylic acids is 2. The smallest absolute Gasteiger partial charge is 0.273 e. The molecule has 2 amide bonds. The van der Waals surface area contributed by atoms with Crippen LogP contribution < -0.4 is 10.1 Å². The van der Waals surface area contributed by atoms with Crippen LogP contribution >= 0.6 is 0 Å². The van der Waals surface area contributed by atoms with Crippen molar-refractivity contribution in [3.63, 3.8) is 0 Å². The number of hydrogen-bond donors (Lipinski definition) is 1. The number of rotatable bonds is 7. The van der Waals surface area contributed by atoms with E-state index in [0.29, 0.717) is 11.6 Å². The zero-order chi connectivity index (χ0) is 24.5. The van der Waals surface area contributed by atoms with Gasteiger partial charge in [0.15, 0.2) is 12.3 Å². The molecule has 1 fully saturated rings. The fraction of sp³-hybridized carbons (Fsp3) is 0.393. The van der Waals surface area contributed by atoms with Crippen molar-refractivity contribution in [1.82, 2.24) is 15.2 Å². The van der Waals surface area contributed by atoms with Crippen LogP contribution in [0.3, 0.4) is 0 Å². The maximum absolute atomic E-state index is 13.2. The maximum atomic E-state index is 13.2. The van der Waals surface area contributed by atoms with Crippen molar-refractivity contribution in [3.05, 3.63) is 82.6 Å². The summed E-state index contributed by atoms with van der Waals surface area (Å²) in [4.78, 5) is 31.6. The summed E-state index contributed by atoms with van der Waals surface area (Å²) in [5.74, 6) is 1.15. The highest BCUT2D eigenvalue weighted by Crippen LogP contribution is 2.41. The van der Waals surface area contributed by atoms with E-state index in [2.05, 4.69) is 47.6 Å². The lowest BCUT2D eigenvalue weighted by atomic mass is 9.87. The molecule has 2 aliphatic rings. The molecule has 1 aliphatic heterocycles.